The fourth-order valence-electron chi connectivity index (χ4n) is 3.46. The smallest absolute Gasteiger partial charge is 0.317 e. The van der Waals surface area contributed by atoms with Gasteiger partial charge in [-0.1, -0.05) is 42.5 Å². The number of nitrogens with zero attached hydrogens (tertiary/aromatic N) is 3. The van der Waals surface area contributed by atoms with E-state index in [1.54, 1.807) is 17.0 Å². The molecule has 7 nitrogen and oxygen atoms in total. The molecule has 0 saturated carbocycles. The number of piperazine rings is 1. The second kappa shape index (κ2) is 9.74. The normalized spacial score (nSPS) is 15.9. The number of hydrogen-bond donors (Lipinski definition) is 1. The molecule has 30 heavy (non-hydrogen) atoms. The van der Waals surface area contributed by atoms with E-state index in [4.69, 9.17) is 0 Å². The number of sulfonamides is 1. The van der Waals surface area contributed by atoms with Gasteiger partial charge in [0.2, 0.25) is 10.0 Å². The number of nitrogens with one attached hydrogen (secondary N) is 1. The fourth-order valence-corrected chi connectivity index (χ4v) is 5.02. The van der Waals surface area contributed by atoms with Gasteiger partial charge in [0.05, 0.1) is 10.5 Å². The summed E-state index contributed by atoms with van der Waals surface area (Å²) in [6.45, 7) is 3.00. The minimum atomic E-state index is -3.76. The Morgan fingerprint density at radius 3 is 2.37 bits per heavy atom. The van der Waals surface area contributed by atoms with Gasteiger partial charge < -0.3 is 10.2 Å². The number of aryl methyl sites for hydroxylation is 1. The lowest BCUT2D eigenvalue weighted by Gasteiger charge is -2.34. The van der Waals surface area contributed by atoms with E-state index < -0.39 is 10.0 Å². The van der Waals surface area contributed by atoms with E-state index in [0.717, 1.165) is 12.8 Å². The third-order valence-corrected chi connectivity index (χ3v) is 7.19. The number of amides is 2. The summed E-state index contributed by atoms with van der Waals surface area (Å²) in [6, 6.07) is 18.1. The van der Waals surface area contributed by atoms with Crippen LogP contribution >= 0.6 is 0 Å². The first-order chi connectivity index (χ1) is 14.4. The predicted molar refractivity (Wildman–Crippen MR) is 114 cm³/mol. The van der Waals surface area contributed by atoms with Crippen LogP contribution in [0.5, 0.6) is 0 Å². The molecule has 0 spiro atoms. The predicted octanol–water partition coefficient (Wildman–Crippen LogP) is 2.60. The van der Waals surface area contributed by atoms with Crippen molar-refractivity contribution >= 4 is 16.1 Å². The van der Waals surface area contributed by atoms with Crippen LogP contribution in [0.1, 0.15) is 24.5 Å². The van der Waals surface area contributed by atoms with Crippen LogP contribution in [-0.4, -0.2) is 55.9 Å². The molecule has 1 aliphatic rings. The maximum absolute atomic E-state index is 12.9. The van der Waals surface area contributed by atoms with E-state index in [2.05, 4.69) is 17.4 Å². The molecular formula is C22H26N4O3S. The number of urea groups is 1. The third-order valence-electron chi connectivity index (χ3n) is 5.23. The van der Waals surface area contributed by atoms with Gasteiger partial charge in [-0.25, -0.2) is 13.2 Å². The summed E-state index contributed by atoms with van der Waals surface area (Å²) < 4.78 is 27.1. The molecule has 2 aromatic rings. The van der Waals surface area contributed by atoms with Crippen molar-refractivity contribution in [2.75, 3.05) is 26.2 Å². The van der Waals surface area contributed by atoms with Crippen LogP contribution in [0.3, 0.4) is 0 Å². The second-order valence-electron chi connectivity index (χ2n) is 7.37. The standard InChI is InChI=1S/C22H26N4O3S/c1-18(11-12-19-7-3-2-4-8-19)24-22(27)25-13-15-26(16-14-25)30(28,29)21-10-6-5-9-20(21)17-23/h2-10,18H,11-16H2,1H3,(H,24,27)/t18-/m0/s1. The molecule has 0 bridgehead atoms. The first-order valence-electron chi connectivity index (χ1n) is 10.0. The van der Waals surface area contributed by atoms with Crippen LogP contribution in [0.4, 0.5) is 4.79 Å². The molecule has 158 valence electrons. The first-order valence-corrected chi connectivity index (χ1v) is 11.4. The molecule has 1 N–H and O–H groups in total. The first kappa shape index (κ1) is 21.8. The lowest BCUT2D eigenvalue weighted by molar-refractivity contribution is 0.169. The van der Waals surface area contributed by atoms with Crippen molar-refractivity contribution in [2.24, 2.45) is 0 Å². The van der Waals surface area contributed by atoms with Crippen LogP contribution in [-0.2, 0) is 16.4 Å². The molecule has 2 amide bonds. The minimum Gasteiger partial charge on any atom is -0.336 e. The second-order valence-corrected chi connectivity index (χ2v) is 9.28. The van der Waals surface area contributed by atoms with E-state index >= 15 is 0 Å². The van der Waals surface area contributed by atoms with Crippen molar-refractivity contribution in [2.45, 2.75) is 30.7 Å². The molecule has 1 aliphatic heterocycles. The fraction of sp³-hybridized carbons (Fsp3) is 0.364. The lowest BCUT2D eigenvalue weighted by Crippen LogP contribution is -2.54. The Hall–Kier alpha value is -2.89. The Bertz CT molecular complexity index is 1010. The van der Waals surface area contributed by atoms with E-state index in [-0.39, 0.29) is 35.6 Å². The number of rotatable bonds is 6. The minimum absolute atomic E-state index is 0.0138. The summed E-state index contributed by atoms with van der Waals surface area (Å²) >= 11 is 0. The summed E-state index contributed by atoms with van der Waals surface area (Å²) in [5.74, 6) is 0. The molecule has 0 radical (unpaired) electrons. The monoisotopic (exact) mass is 426 g/mol. The highest BCUT2D eigenvalue weighted by Gasteiger charge is 2.31. The largest absolute Gasteiger partial charge is 0.336 e. The maximum atomic E-state index is 12.9. The van der Waals surface area contributed by atoms with Gasteiger partial charge in [0.15, 0.2) is 0 Å². The average Bonchev–Trinajstić information content (AvgIpc) is 2.78. The highest BCUT2D eigenvalue weighted by atomic mass is 32.2. The Balaban J connectivity index is 1.52. The van der Waals surface area contributed by atoms with Crippen LogP contribution in [0.15, 0.2) is 59.5 Å². The quantitative estimate of drug-likeness (QED) is 0.768. The molecule has 8 heteroatoms. The molecule has 2 aromatic carbocycles. The molecule has 0 unspecified atom stereocenters. The van der Waals surface area contributed by atoms with Crippen molar-refractivity contribution in [1.29, 1.82) is 5.26 Å². The Morgan fingerprint density at radius 1 is 1.07 bits per heavy atom. The summed E-state index contributed by atoms with van der Waals surface area (Å²) in [7, 11) is -3.76. The zero-order chi connectivity index (χ0) is 21.6. The van der Waals surface area contributed by atoms with Gasteiger partial charge in [-0.3, -0.25) is 0 Å². The molecule has 1 heterocycles. The van der Waals surface area contributed by atoms with Crippen molar-refractivity contribution in [3.63, 3.8) is 0 Å². The van der Waals surface area contributed by atoms with Gasteiger partial charge in [-0.2, -0.15) is 9.57 Å². The summed E-state index contributed by atoms with van der Waals surface area (Å²) in [6.07, 6.45) is 1.71. The number of carbonyl (C=O) groups excluding carboxylic acids is 1. The van der Waals surface area contributed by atoms with E-state index in [0.29, 0.717) is 13.1 Å². The summed E-state index contributed by atoms with van der Waals surface area (Å²) in [4.78, 5) is 14.2. The van der Waals surface area contributed by atoms with Gasteiger partial charge in [0.25, 0.3) is 0 Å². The highest BCUT2D eigenvalue weighted by molar-refractivity contribution is 7.89. The van der Waals surface area contributed by atoms with E-state index in [1.807, 2.05) is 31.2 Å². The average molecular weight is 427 g/mol. The third kappa shape index (κ3) is 5.17. The summed E-state index contributed by atoms with van der Waals surface area (Å²) in [5.41, 5.74) is 1.36. The van der Waals surface area contributed by atoms with Gasteiger partial charge in [-0.05, 0) is 37.5 Å². The Morgan fingerprint density at radius 2 is 1.70 bits per heavy atom. The molecular weight excluding hydrogens is 400 g/mol. The SMILES string of the molecule is C[C@@H](CCc1ccccc1)NC(=O)N1CCN(S(=O)(=O)c2ccccc2C#N)CC1. The molecule has 1 fully saturated rings. The number of benzene rings is 2. The highest BCUT2D eigenvalue weighted by Crippen LogP contribution is 2.21. The molecule has 1 atom stereocenters. The van der Waals surface area contributed by atoms with Gasteiger partial charge in [0, 0.05) is 32.2 Å². The van der Waals surface area contributed by atoms with Crippen molar-refractivity contribution in [1.82, 2.24) is 14.5 Å². The van der Waals surface area contributed by atoms with Crippen LogP contribution < -0.4 is 5.32 Å². The maximum Gasteiger partial charge on any atom is 0.317 e. The van der Waals surface area contributed by atoms with Crippen molar-refractivity contribution in [3.05, 3.63) is 65.7 Å². The van der Waals surface area contributed by atoms with Gasteiger partial charge >= 0.3 is 6.03 Å². The lowest BCUT2D eigenvalue weighted by atomic mass is 10.1. The van der Waals surface area contributed by atoms with Gasteiger partial charge in [0.1, 0.15) is 6.07 Å². The zero-order valence-electron chi connectivity index (χ0n) is 17.0. The van der Waals surface area contributed by atoms with Crippen LogP contribution in [0.2, 0.25) is 0 Å². The van der Waals surface area contributed by atoms with Crippen LogP contribution in [0.25, 0.3) is 0 Å². The molecule has 0 aliphatic carbocycles. The molecule has 3 rings (SSSR count). The van der Waals surface area contributed by atoms with Crippen molar-refractivity contribution < 1.29 is 13.2 Å². The zero-order valence-corrected chi connectivity index (χ0v) is 17.8. The number of carbonyl (C=O) groups is 1. The van der Waals surface area contributed by atoms with Crippen molar-refractivity contribution in [3.8, 4) is 6.07 Å². The van der Waals surface area contributed by atoms with Crippen LogP contribution in [0, 0.1) is 11.3 Å². The summed E-state index contributed by atoms with van der Waals surface area (Å²) in [5, 5.41) is 12.2. The topological polar surface area (TPSA) is 93.5 Å². The molecule has 0 aromatic heterocycles. The number of hydrogen-bond acceptors (Lipinski definition) is 4. The van der Waals surface area contributed by atoms with E-state index in [1.165, 1.54) is 22.0 Å². The van der Waals surface area contributed by atoms with Gasteiger partial charge in [-0.15, -0.1) is 0 Å². The van der Waals surface area contributed by atoms with E-state index in [9.17, 15) is 18.5 Å². The Kier molecular flexibility index (Phi) is 7.08. The Labute approximate surface area is 178 Å². The molecule has 1 saturated heterocycles. The number of nitriles is 1.